The Morgan fingerprint density at radius 1 is 1.53 bits per heavy atom. The Morgan fingerprint density at radius 3 is 2.59 bits per heavy atom. The van der Waals surface area contributed by atoms with Crippen molar-refractivity contribution in [3.63, 3.8) is 0 Å². The predicted octanol–water partition coefficient (Wildman–Crippen LogP) is -0.314. The lowest BCUT2D eigenvalue weighted by atomic mass is 9.96. The van der Waals surface area contributed by atoms with Crippen LogP contribution in [0.4, 0.5) is 0 Å². The molecule has 2 rings (SSSR count). The van der Waals surface area contributed by atoms with Gasteiger partial charge in [0.15, 0.2) is 0 Å². The summed E-state index contributed by atoms with van der Waals surface area (Å²) in [6.45, 7) is 1.48. The SMILES string of the molecule is CC(NC(=O)c1c[nH]c(=O)[nH]1)(C(=O)O)C1CC1. The van der Waals surface area contributed by atoms with Crippen LogP contribution in [0.2, 0.25) is 0 Å². The molecular formula is C10H13N3O4. The number of carbonyl (C=O) groups is 2. The van der Waals surface area contributed by atoms with Gasteiger partial charge in [0, 0.05) is 6.20 Å². The van der Waals surface area contributed by atoms with E-state index < -0.39 is 23.1 Å². The van der Waals surface area contributed by atoms with Crippen molar-refractivity contribution in [1.82, 2.24) is 15.3 Å². The number of rotatable bonds is 4. The zero-order chi connectivity index (χ0) is 12.6. The van der Waals surface area contributed by atoms with Gasteiger partial charge in [0.2, 0.25) is 0 Å². The van der Waals surface area contributed by atoms with Crippen LogP contribution < -0.4 is 11.0 Å². The minimum absolute atomic E-state index is 0.0307. The number of hydrogen-bond donors (Lipinski definition) is 4. The fraction of sp³-hybridized carbons (Fsp3) is 0.500. The van der Waals surface area contributed by atoms with Gasteiger partial charge in [0.05, 0.1) is 0 Å². The normalized spacial score (nSPS) is 18.4. The molecule has 1 unspecified atom stereocenters. The van der Waals surface area contributed by atoms with E-state index in [4.69, 9.17) is 5.11 Å². The largest absolute Gasteiger partial charge is 0.480 e. The van der Waals surface area contributed by atoms with Gasteiger partial charge < -0.3 is 20.4 Å². The summed E-state index contributed by atoms with van der Waals surface area (Å²) in [7, 11) is 0. The summed E-state index contributed by atoms with van der Waals surface area (Å²) in [5.41, 5.74) is -1.74. The second-order valence-electron chi connectivity index (χ2n) is 4.39. The highest BCUT2D eigenvalue weighted by molar-refractivity contribution is 5.96. The maximum absolute atomic E-state index is 11.7. The number of nitrogens with one attached hydrogen (secondary N) is 3. The molecule has 0 saturated heterocycles. The summed E-state index contributed by atoms with van der Waals surface area (Å²) < 4.78 is 0. The van der Waals surface area contributed by atoms with Crippen LogP contribution in [0.25, 0.3) is 0 Å². The first kappa shape index (κ1) is 11.4. The van der Waals surface area contributed by atoms with Crippen molar-refractivity contribution in [2.24, 2.45) is 5.92 Å². The van der Waals surface area contributed by atoms with Gasteiger partial charge in [0.1, 0.15) is 11.2 Å². The molecule has 1 heterocycles. The van der Waals surface area contributed by atoms with Gasteiger partial charge in [-0.05, 0) is 25.7 Å². The predicted molar refractivity (Wildman–Crippen MR) is 57.6 cm³/mol. The maximum Gasteiger partial charge on any atom is 0.329 e. The van der Waals surface area contributed by atoms with E-state index in [0.29, 0.717) is 0 Å². The van der Waals surface area contributed by atoms with Gasteiger partial charge in [-0.15, -0.1) is 0 Å². The smallest absolute Gasteiger partial charge is 0.329 e. The second kappa shape index (κ2) is 3.76. The molecule has 4 N–H and O–H groups in total. The van der Waals surface area contributed by atoms with Gasteiger partial charge in [-0.1, -0.05) is 0 Å². The molecule has 1 aromatic heterocycles. The van der Waals surface area contributed by atoms with Crippen LogP contribution in [0.15, 0.2) is 11.0 Å². The van der Waals surface area contributed by atoms with E-state index >= 15 is 0 Å². The van der Waals surface area contributed by atoms with Crippen molar-refractivity contribution in [3.05, 3.63) is 22.4 Å². The highest BCUT2D eigenvalue weighted by atomic mass is 16.4. The summed E-state index contributed by atoms with van der Waals surface area (Å²) in [6, 6.07) is 0. The summed E-state index contributed by atoms with van der Waals surface area (Å²) in [6.07, 6.45) is 2.78. The third kappa shape index (κ3) is 2.08. The van der Waals surface area contributed by atoms with Crippen LogP contribution >= 0.6 is 0 Å². The fourth-order valence-electron chi connectivity index (χ4n) is 1.75. The zero-order valence-electron chi connectivity index (χ0n) is 9.24. The number of carbonyl (C=O) groups excluding carboxylic acids is 1. The third-order valence-electron chi connectivity index (χ3n) is 3.05. The summed E-state index contributed by atoms with van der Waals surface area (Å²) >= 11 is 0. The summed E-state index contributed by atoms with van der Waals surface area (Å²) in [5.74, 6) is -1.71. The van der Waals surface area contributed by atoms with Gasteiger partial charge in [-0.2, -0.15) is 0 Å². The van der Waals surface area contributed by atoms with E-state index in [-0.39, 0.29) is 11.6 Å². The van der Waals surface area contributed by atoms with Gasteiger partial charge >= 0.3 is 11.7 Å². The number of amides is 1. The van der Waals surface area contributed by atoms with E-state index in [2.05, 4.69) is 15.3 Å². The average Bonchev–Trinajstić information content (AvgIpc) is 3.01. The molecule has 1 saturated carbocycles. The highest BCUT2D eigenvalue weighted by Gasteiger charge is 2.48. The molecule has 92 valence electrons. The lowest BCUT2D eigenvalue weighted by Gasteiger charge is -2.25. The van der Waals surface area contributed by atoms with Crippen molar-refractivity contribution in [3.8, 4) is 0 Å². The third-order valence-corrected chi connectivity index (χ3v) is 3.05. The molecule has 0 bridgehead atoms. The molecule has 0 radical (unpaired) electrons. The number of H-pyrrole nitrogens is 2. The standard InChI is InChI=1S/C10H13N3O4/c1-10(8(15)16,5-2-3-5)13-7(14)6-4-11-9(17)12-6/h4-5H,2-3H2,1H3,(H,13,14)(H,15,16)(H2,11,12,17). The van der Waals surface area contributed by atoms with Crippen LogP contribution in [0.3, 0.4) is 0 Å². The number of hydrogen-bond acceptors (Lipinski definition) is 3. The Morgan fingerprint density at radius 2 is 2.18 bits per heavy atom. The van der Waals surface area contributed by atoms with Crippen molar-refractivity contribution in [1.29, 1.82) is 0 Å². The number of imidazole rings is 1. The Hall–Kier alpha value is -2.05. The van der Waals surface area contributed by atoms with E-state index in [9.17, 15) is 14.4 Å². The van der Waals surface area contributed by atoms with Gasteiger partial charge in [0.25, 0.3) is 5.91 Å². The Labute approximate surface area is 96.2 Å². The highest BCUT2D eigenvalue weighted by Crippen LogP contribution is 2.39. The Balaban J connectivity index is 2.16. The molecule has 1 aliphatic rings. The molecule has 1 fully saturated rings. The first-order valence-corrected chi connectivity index (χ1v) is 5.27. The molecule has 1 aliphatic carbocycles. The molecule has 1 aromatic rings. The molecule has 1 amide bonds. The van der Waals surface area contributed by atoms with Crippen molar-refractivity contribution < 1.29 is 14.7 Å². The zero-order valence-corrected chi connectivity index (χ0v) is 9.24. The maximum atomic E-state index is 11.7. The first-order chi connectivity index (χ1) is 7.93. The van der Waals surface area contributed by atoms with Gasteiger partial charge in [-0.3, -0.25) is 4.79 Å². The Bertz CT molecular complexity index is 514. The van der Waals surface area contributed by atoms with E-state index in [1.807, 2.05) is 0 Å². The van der Waals surface area contributed by atoms with Crippen LogP contribution in [0, 0.1) is 5.92 Å². The lowest BCUT2D eigenvalue weighted by molar-refractivity contribution is -0.144. The van der Waals surface area contributed by atoms with E-state index in [0.717, 1.165) is 12.8 Å². The number of carboxylic acid groups (broad SMARTS) is 1. The van der Waals surface area contributed by atoms with Crippen LogP contribution in [-0.2, 0) is 4.79 Å². The molecule has 0 aliphatic heterocycles. The molecule has 0 aromatic carbocycles. The number of carboxylic acids is 1. The molecular weight excluding hydrogens is 226 g/mol. The minimum atomic E-state index is -1.27. The lowest BCUT2D eigenvalue weighted by Crippen LogP contribution is -2.54. The second-order valence-corrected chi connectivity index (χ2v) is 4.39. The minimum Gasteiger partial charge on any atom is -0.480 e. The van der Waals surface area contributed by atoms with Crippen LogP contribution in [0.1, 0.15) is 30.3 Å². The van der Waals surface area contributed by atoms with Crippen molar-refractivity contribution in [2.45, 2.75) is 25.3 Å². The van der Waals surface area contributed by atoms with Crippen LogP contribution in [0.5, 0.6) is 0 Å². The first-order valence-electron chi connectivity index (χ1n) is 5.27. The molecule has 17 heavy (non-hydrogen) atoms. The summed E-state index contributed by atoms with van der Waals surface area (Å²) in [5, 5.41) is 11.6. The quantitative estimate of drug-likeness (QED) is 0.576. The molecule has 7 nitrogen and oxygen atoms in total. The topological polar surface area (TPSA) is 115 Å². The van der Waals surface area contributed by atoms with Crippen molar-refractivity contribution in [2.75, 3.05) is 0 Å². The van der Waals surface area contributed by atoms with E-state index in [1.54, 1.807) is 0 Å². The molecule has 7 heteroatoms. The van der Waals surface area contributed by atoms with Crippen LogP contribution in [-0.4, -0.2) is 32.5 Å². The van der Waals surface area contributed by atoms with Gasteiger partial charge in [-0.25, -0.2) is 9.59 Å². The Kier molecular flexibility index (Phi) is 2.53. The average molecular weight is 239 g/mol. The number of aliphatic carboxylic acids is 1. The molecule has 1 atom stereocenters. The number of aromatic amines is 2. The molecule has 0 spiro atoms. The monoisotopic (exact) mass is 239 g/mol. The fourth-order valence-corrected chi connectivity index (χ4v) is 1.75. The van der Waals surface area contributed by atoms with E-state index in [1.165, 1.54) is 13.1 Å². The van der Waals surface area contributed by atoms with Crippen molar-refractivity contribution >= 4 is 11.9 Å². The summed E-state index contributed by atoms with van der Waals surface area (Å²) in [4.78, 5) is 38.3. The number of aromatic nitrogens is 2.